The first-order valence-electron chi connectivity index (χ1n) is 7.31. The fraction of sp³-hybridized carbons (Fsp3) is 0.600. The first-order valence-corrected chi connectivity index (χ1v) is 7.31. The molecular weight excluding hydrogens is 286 g/mol. The fourth-order valence-electron chi connectivity index (χ4n) is 2.64. The third-order valence-electron chi connectivity index (χ3n) is 3.67. The minimum Gasteiger partial charge on any atom is -0.466 e. The molecule has 1 aliphatic heterocycles. The van der Waals surface area contributed by atoms with Gasteiger partial charge in [0.1, 0.15) is 11.5 Å². The van der Waals surface area contributed by atoms with E-state index in [-0.39, 0.29) is 18.6 Å². The molecule has 2 heterocycles. The number of nitrogens with two attached hydrogens (primary N) is 1. The molecule has 0 bridgehead atoms. The van der Waals surface area contributed by atoms with Crippen LogP contribution in [-0.4, -0.2) is 67.6 Å². The SMILES string of the molecule is Cc1cc(C(=O)N(CC(N)=O)CC2CN(C)CCO2)c(C)o1. The number of ether oxygens (including phenoxy) is 1. The summed E-state index contributed by atoms with van der Waals surface area (Å²) in [4.78, 5) is 27.5. The molecule has 7 nitrogen and oxygen atoms in total. The zero-order chi connectivity index (χ0) is 16.3. The van der Waals surface area contributed by atoms with Crippen molar-refractivity contribution in [1.82, 2.24) is 9.80 Å². The van der Waals surface area contributed by atoms with Gasteiger partial charge >= 0.3 is 0 Å². The van der Waals surface area contributed by atoms with Crippen LogP contribution in [0.3, 0.4) is 0 Å². The third kappa shape index (κ3) is 4.08. The molecular formula is C15H23N3O4. The molecule has 0 radical (unpaired) electrons. The van der Waals surface area contributed by atoms with Crippen molar-refractivity contribution in [3.63, 3.8) is 0 Å². The molecule has 122 valence electrons. The summed E-state index contributed by atoms with van der Waals surface area (Å²) < 4.78 is 11.1. The van der Waals surface area contributed by atoms with Gasteiger partial charge < -0.3 is 24.7 Å². The Bertz CT molecular complexity index is 555. The van der Waals surface area contributed by atoms with E-state index in [1.54, 1.807) is 19.9 Å². The van der Waals surface area contributed by atoms with E-state index in [0.29, 0.717) is 36.8 Å². The summed E-state index contributed by atoms with van der Waals surface area (Å²) in [6.45, 7) is 5.90. The van der Waals surface area contributed by atoms with Crippen LogP contribution in [0.4, 0.5) is 0 Å². The van der Waals surface area contributed by atoms with Gasteiger partial charge in [0.2, 0.25) is 5.91 Å². The van der Waals surface area contributed by atoms with Crippen molar-refractivity contribution in [3.8, 4) is 0 Å². The number of carbonyl (C=O) groups is 2. The van der Waals surface area contributed by atoms with E-state index in [1.165, 1.54) is 4.90 Å². The Morgan fingerprint density at radius 3 is 2.73 bits per heavy atom. The molecule has 1 atom stereocenters. The standard InChI is InChI=1S/C15H23N3O4/c1-10-6-13(11(2)22-10)15(20)18(9-14(16)19)8-12-7-17(3)4-5-21-12/h6,12H,4-5,7-9H2,1-3H3,(H2,16,19). The lowest BCUT2D eigenvalue weighted by Crippen LogP contribution is -2.49. The van der Waals surface area contributed by atoms with Crippen molar-refractivity contribution >= 4 is 11.8 Å². The Balaban J connectivity index is 2.13. The van der Waals surface area contributed by atoms with Gasteiger partial charge in [0.15, 0.2) is 0 Å². The number of nitrogens with zero attached hydrogens (tertiary/aromatic N) is 2. The predicted octanol–water partition coefficient (Wildman–Crippen LogP) is 0.155. The Morgan fingerprint density at radius 1 is 1.45 bits per heavy atom. The number of likely N-dealkylation sites (N-methyl/N-ethyl adjacent to an activating group) is 1. The maximum absolute atomic E-state index is 12.7. The van der Waals surface area contributed by atoms with Gasteiger partial charge in [-0.1, -0.05) is 0 Å². The molecule has 1 unspecified atom stereocenters. The first kappa shape index (κ1) is 16.5. The zero-order valence-corrected chi connectivity index (χ0v) is 13.3. The van der Waals surface area contributed by atoms with Crippen molar-refractivity contribution in [2.45, 2.75) is 20.0 Å². The number of aryl methyl sites for hydroxylation is 2. The second-order valence-corrected chi connectivity index (χ2v) is 5.73. The van der Waals surface area contributed by atoms with Crippen LogP contribution in [0.1, 0.15) is 21.9 Å². The number of morpholine rings is 1. The van der Waals surface area contributed by atoms with E-state index >= 15 is 0 Å². The van der Waals surface area contributed by atoms with Crippen LogP contribution in [0.25, 0.3) is 0 Å². The molecule has 0 aliphatic carbocycles. The van der Waals surface area contributed by atoms with Crippen LogP contribution in [0.15, 0.2) is 10.5 Å². The van der Waals surface area contributed by atoms with Gasteiger partial charge in [-0.3, -0.25) is 9.59 Å². The molecule has 1 aromatic heterocycles. The molecule has 0 saturated carbocycles. The maximum Gasteiger partial charge on any atom is 0.257 e. The van der Waals surface area contributed by atoms with Crippen molar-refractivity contribution in [2.24, 2.45) is 5.73 Å². The molecule has 1 saturated heterocycles. The normalized spacial score (nSPS) is 19.1. The Kier molecular flexibility index (Phi) is 5.20. The van der Waals surface area contributed by atoms with Crippen LogP contribution in [0.2, 0.25) is 0 Å². The van der Waals surface area contributed by atoms with Crippen LogP contribution in [0.5, 0.6) is 0 Å². The number of primary amides is 1. The number of amides is 2. The van der Waals surface area contributed by atoms with Crippen molar-refractivity contribution in [3.05, 3.63) is 23.2 Å². The van der Waals surface area contributed by atoms with Gasteiger partial charge in [-0.05, 0) is 27.0 Å². The minimum absolute atomic E-state index is 0.129. The van der Waals surface area contributed by atoms with Gasteiger partial charge in [-0.15, -0.1) is 0 Å². The summed E-state index contributed by atoms with van der Waals surface area (Å²) >= 11 is 0. The van der Waals surface area contributed by atoms with Crippen molar-refractivity contribution < 1.29 is 18.7 Å². The Morgan fingerprint density at radius 2 is 2.18 bits per heavy atom. The lowest BCUT2D eigenvalue weighted by molar-refractivity contribution is -0.119. The average Bonchev–Trinajstić information content (AvgIpc) is 2.75. The second-order valence-electron chi connectivity index (χ2n) is 5.73. The predicted molar refractivity (Wildman–Crippen MR) is 80.5 cm³/mol. The molecule has 1 fully saturated rings. The number of hydrogen-bond acceptors (Lipinski definition) is 5. The van der Waals surface area contributed by atoms with Gasteiger partial charge in [0, 0.05) is 19.6 Å². The highest BCUT2D eigenvalue weighted by Crippen LogP contribution is 2.17. The number of hydrogen-bond donors (Lipinski definition) is 1. The van der Waals surface area contributed by atoms with E-state index in [2.05, 4.69) is 4.90 Å². The van der Waals surface area contributed by atoms with E-state index < -0.39 is 5.91 Å². The quantitative estimate of drug-likeness (QED) is 0.836. The van der Waals surface area contributed by atoms with Gasteiger partial charge in [-0.2, -0.15) is 0 Å². The molecule has 2 N–H and O–H groups in total. The van der Waals surface area contributed by atoms with Crippen LogP contribution in [-0.2, 0) is 9.53 Å². The van der Waals surface area contributed by atoms with Gasteiger partial charge in [-0.25, -0.2) is 0 Å². The third-order valence-corrected chi connectivity index (χ3v) is 3.67. The summed E-state index contributed by atoms with van der Waals surface area (Å²) in [5.74, 6) is 0.396. The minimum atomic E-state index is -0.546. The molecule has 22 heavy (non-hydrogen) atoms. The van der Waals surface area contributed by atoms with E-state index in [0.717, 1.165) is 6.54 Å². The van der Waals surface area contributed by atoms with E-state index in [4.69, 9.17) is 14.9 Å². The van der Waals surface area contributed by atoms with Gasteiger partial charge in [0.05, 0.1) is 24.8 Å². The number of carbonyl (C=O) groups excluding carboxylic acids is 2. The lowest BCUT2D eigenvalue weighted by Gasteiger charge is -2.33. The highest BCUT2D eigenvalue weighted by atomic mass is 16.5. The molecule has 0 spiro atoms. The van der Waals surface area contributed by atoms with Crippen LogP contribution >= 0.6 is 0 Å². The molecule has 2 rings (SSSR count). The summed E-state index contributed by atoms with van der Waals surface area (Å²) in [7, 11) is 2.00. The van der Waals surface area contributed by atoms with Crippen molar-refractivity contribution in [1.29, 1.82) is 0 Å². The molecule has 1 aliphatic rings. The summed E-state index contributed by atoms with van der Waals surface area (Å²) in [5.41, 5.74) is 5.74. The van der Waals surface area contributed by atoms with E-state index in [1.807, 2.05) is 7.05 Å². The second kappa shape index (κ2) is 6.93. The smallest absolute Gasteiger partial charge is 0.257 e. The topological polar surface area (TPSA) is 89.0 Å². The Labute approximate surface area is 130 Å². The largest absolute Gasteiger partial charge is 0.466 e. The van der Waals surface area contributed by atoms with Crippen LogP contribution in [0, 0.1) is 13.8 Å². The monoisotopic (exact) mass is 309 g/mol. The highest BCUT2D eigenvalue weighted by molar-refractivity contribution is 5.97. The van der Waals surface area contributed by atoms with Crippen LogP contribution < -0.4 is 5.73 Å². The Hall–Kier alpha value is -1.86. The summed E-state index contributed by atoms with van der Waals surface area (Å²) in [6.07, 6.45) is -0.129. The fourth-order valence-corrected chi connectivity index (χ4v) is 2.64. The highest BCUT2D eigenvalue weighted by Gasteiger charge is 2.27. The maximum atomic E-state index is 12.7. The average molecular weight is 309 g/mol. The number of rotatable bonds is 5. The first-order chi connectivity index (χ1) is 10.4. The zero-order valence-electron chi connectivity index (χ0n) is 13.3. The molecule has 7 heteroatoms. The summed E-state index contributed by atoms with van der Waals surface area (Å²) in [5, 5.41) is 0. The van der Waals surface area contributed by atoms with Gasteiger partial charge in [0.25, 0.3) is 5.91 Å². The molecule has 1 aromatic rings. The lowest BCUT2D eigenvalue weighted by atomic mass is 10.2. The van der Waals surface area contributed by atoms with E-state index in [9.17, 15) is 9.59 Å². The molecule has 0 aromatic carbocycles. The number of furan rings is 1. The summed E-state index contributed by atoms with van der Waals surface area (Å²) in [6, 6.07) is 1.68. The molecule has 2 amide bonds. The van der Waals surface area contributed by atoms with Crippen molar-refractivity contribution in [2.75, 3.05) is 39.8 Å².